The number of ether oxygens (including phenoxy) is 2. The van der Waals surface area contributed by atoms with Gasteiger partial charge in [0.1, 0.15) is 11.8 Å². The zero-order valence-corrected chi connectivity index (χ0v) is 55.2. The summed E-state index contributed by atoms with van der Waals surface area (Å²) in [5.41, 5.74) is 17.6. The molecule has 0 aliphatic heterocycles. The number of halogens is 8. The zero-order valence-electron chi connectivity index (χ0n) is 57.7. The number of carbonyl (C=O) groups is 7. The first-order chi connectivity index (χ1) is 48.7. The molecule has 15 N–H and O–H groups in total. The van der Waals surface area contributed by atoms with Crippen LogP contribution in [0.3, 0.4) is 0 Å². The number of Topliss-reactive ketones (excluding diaryl/α,β-unsaturated/α-hetero) is 2. The SMILES string of the molecule is C.[2H]C([2H])(Oc1nc(Nc2ccc(C(=O)N[C@@H](CCCCC(=N)N)C(=O)C[C@@H](CC(C)=O)C(N)=O)cc2)nc(NC2(c3ccc(Cl)cc3)CC2)n1)C(F)(F)F.[2H]C([2H])(Oc1nc(Nc2ccc(C(=O)N[C@@H](CCCCC(C)=N)C(=O)NCC(N)=O)cc2)nc(NC2(c3ccc(Cl)cc3)CC2)n1)C(F)(F)F. The number of rotatable bonds is 37. The predicted molar refractivity (Wildman–Crippen MR) is 365 cm³/mol. The van der Waals surface area contributed by atoms with Crippen molar-refractivity contribution in [2.45, 2.75) is 147 Å². The number of amides is 5. The Morgan fingerprint density at radius 2 is 0.980 bits per heavy atom. The Bertz CT molecular complexity index is 4090. The minimum atomic E-state index is -5.41. The normalized spacial score (nSPS) is 14.9. The molecular weight excluding hydrogens is 1370 g/mol. The van der Waals surface area contributed by atoms with Crippen LogP contribution in [0.15, 0.2) is 97.1 Å². The van der Waals surface area contributed by atoms with Gasteiger partial charge in [-0.1, -0.05) is 67.7 Å². The van der Waals surface area contributed by atoms with Crippen LogP contribution in [0.1, 0.15) is 148 Å². The third-order valence-electron chi connectivity index (χ3n) is 15.2. The number of unbranched alkanes of at least 4 members (excludes halogenated alkanes) is 2. The molecule has 2 fully saturated rings. The van der Waals surface area contributed by atoms with E-state index in [9.17, 15) is 59.9 Å². The van der Waals surface area contributed by atoms with Crippen LogP contribution >= 0.6 is 23.2 Å². The van der Waals surface area contributed by atoms with Gasteiger partial charge in [-0.3, -0.25) is 34.2 Å². The highest BCUT2D eigenvalue weighted by atomic mass is 35.5. The number of alkyl halides is 6. The summed E-state index contributed by atoms with van der Waals surface area (Å²) in [5, 5.41) is 35.4. The molecule has 101 heavy (non-hydrogen) atoms. The average Bonchev–Trinajstić information content (AvgIpc) is 1.65. The molecule has 2 aliphatic rings. The van der Waals surface area contributed by atoms with Gasteiger partial charge in [0, 0.05) is 57.5 Å². The van der Waals surface area contributed by atoms with E-state index < -0.39 is 108 Å². The Morgan fingerprint density at radius 1 is 0.574 bits per heavy atom. The van der Waals surface area contributed by atoms with Crippen LogP contribution in [0, 0.1) is 16.7 Å². The second-order valence-electron chi connectivity index (χ2n) is 23.5. The van der Waals surface area contributed by atoms with Crippen molar-refractivity contribution < 1.29 is 74.9 Å². The first kappa shape index (κ1) is 73.4. The Morgan fingerprint density at radius 3 is 1.36 bits per heavy atom. The van der Waals surface area contributed by atoms with E-state index in [2.05, 4.69) is 76.6 Å². The number of amidine groups is 1. The van der Waals surface area contributed by atoms with Crippen molar-refractivity contribution in [1.29, 1.82) is 10.8 Å². The number of ketones is 2. The van der Waals surface area contributed by atoms with E-state index in [-0.39, 0.29) is 91.8 Å². The van der Waals surface area contributed by atoms with Crippen LogP contribution in [0.4, 0.5) is 61.5 Å². The molecule has 27 nitrogen and oxygen atoms in total. The number of carbonyl (C=O) groups excluding carboxylic acids is 7. The first-order valence-corrected chi connectivity index (χ1v) is 31.7. The van der Waals surface area contributed by atoms with Crippen molar-refractivity contribution in [3.8, 4) is 12.0 Å². The van der Waals surface area contributed by atoms with Gasteiger partial charge in [0.25, 0.3) is 11.8 Å². The molecule has 35 heteroatoms. The largest absolute Gasteiger partial charge is 0.454 e. The minimum absolute atomic E-state index is 0. The Balaban J connectivity index is 0.000000327. The fourth-order valence-corrected chi connectivity index (χ4v) is 10.1. The van der Waals surface area contributed by atoms with E-state index in [0.29, 0.717) is 79.2 Å². The van der Waals surface area contributed by atoms with Gasteiger partial charge in [0.15, 0.2) is 18.9 Å². The second kappa shape index (κ2) is 36.2. The standard InChI is InChI=1S/C34H39ClF3N9O5.C31H35ClF3N9O4.CH4/c1-19(48)16-21(28(41)50)17-26(49)25(4-2-3-5-27(39)40)43-29(51)20-6-12-24(13-7-20)42-30-44-31(46-32(45-30)52-18-34(36,37)38)47-33(14-15-33)22-8-10-23(35)11-9-22;1-18(36)4-2-3-5-23(26(47)38-16-24(37)45)40-25(46)19-6-12-22(13-7-19)39-27-41-28(43-29(42-27)48-17-31(33,34)35)44-30(14-15-30)20-8-10-21(32)11-9-20;/h6-13,21,25H,2-5,14-18H2,1H3,(H3,39,40)(H2,41,50)(H,43,51)(H2,42,44,45,46,47);6-13,23,36H,2-5,14-17H2,1H3,(H2,37,45)(H,38,47)(H,40,46)(H2,39,41,42,43,44);1H4/t21-,25+;23-;/m10./s1/i18D2;17D2;. The highest BCUT2D eigenvalue weighted by Crippen LogP contribution is 2.49. The quantitative estimate of drug-likeness (QED) is 0.00746. The summed E-state index contributed by atoms with van der Waals surface area (Å²) >= 11 is 12.0. The number of nitrogens with one attached hydrogen (secondary N) is 9. The highest BCUT2D eigenvalue weighted by Gasteiger charge is 2.46. The van der Waals surface area contributed by atoms with Gasteiger partial charge in [-0.25, -0.2) is 0 Å². The van der Waals surface area contributed by atoms with E-state index in [0.717, 1.165) is 11.1 Å². The van der Waals surface area contributed by atoms with Gasteiger partial charge in [-0.05, 0) is 156 Å². The second-order valence-corrected chi connectivity index (χ2v) is 24.3. The molecule has 2 heterocycles. The molecular formula is C66H78Cl2F6N18O9. The van der Waals surface area contributed by atoms with E-state index in [1.807, 2.05) is 0 Å². The molecule has 5 amide bonds. The molecule has 2 aromatic heterocycles. The fourth-order valence-electron chi connectivity index (χ4n) is 9.86. The third-order valence-corrected chi connectivity index (χ3v) is 15.7. The van der Waals surface area contributed by atoms with Gasteiger partial charge in [-0.2, -0.15) is 56.2 Å². The third kappa shape index (κ3) is 26.7. The summed E-state index contributed by atoms with van der Waals surface area (Å²) in [6, 6.07) is 21.3. The van der Waals surface area contributed by atoms with E-state index >= 15 is 0 Å². The molecule has 3 atom stereocenters. The van der Waals surface area contributed by atoms with Crippen LogP contribution < -0.4 is 63.9 Å². The lowest BCUT2D eigenvalue weighted by Crippen LogP contribution is -2.48. The summed E-state index contributed by atoms with van der Waals surface area (Å²) in [7, 11) is 0. The van der Waals surface area contributed by atoms with E-state index in [1.165, 1.54) is 55.5 Å². The Hall–Kier alpha value is -10.3. The maximum absolute atomic E-state index is 13.4. The molecule has 6 aromatic rings. The highest BCUT2D eigenvalue weighted by molar-refractivity contribution is 6.30. The number of nitrogens with zero attached hydrogens (tertiary/aromatic N) is 6. The molecule has 0 unspecified atom stereocenters. The van der Waals surface area contributed by atoms with Gasteiger partial charge in [0.2, 0.25) is 41.5 Å². The van der Waals surface area contributed by atoms with Gasteiger partial charge in [0.05, 0.1) is 40.9 Å². The van der Waals surface area contributed by atoms with Crippen molar-refractivity contribution in [1.82, 2.24) is 45.9 Å². The number of nitrogens with two attached hydrogens (primary N) is 3. The molecule has 0 spiro atoms. The van der Waals surface area contributed by atoms with Crippen molar-refractivity contribution in [3.05, 3.63) is 129 Å². The summed E-state index contributed by atoms with van der Waals surface area (Å²) in [5.74, 6) is -6.34. The number of benzene rings is 4. The maximum atomic E-state index is 13.4. The minimum Gasteiger partial charge on any atom is -0.454 e. The summed E-state index contributed by atoms with van der Waals surface area (Å²) in [4.78, 5) is 111. The predicted octanol–water partition coefficient (Wildman–Crippen LogP) is 10.2. The Labute approximate surface area is 592 Å². The first-order valence-electron chi connectivity index (χ1n) is 33.0. The van der Waals surface area contributed by atoms with Crippen molar-refractivity contribution in [2.24, 2.45) is 23.1 Å². The van der Waals surface area contributed by atoms with Crippen molar-refractivity contribution in [3.63, 3.8) is 0 Å². The van der Waals surface area contributed by atoms with Crippen LogP contribution in [-0.4, -0.2) is 127 Å². The molecule has 8 rings (SSSR count). The summed E-state index contributed by atoms with van der Waals surface area (Å²) in [6.07, 6.45) is -5.62. The average molecular weight is 1460 g/mol. The lowest BCUT2D eigenvalue weighted by Gasteiger charge is -2.20. The van der Waals surface area contributed by atoms with Crippen LogP contribution in [0.2, 0.25) is 10.0 Å². The van der Waals surface area contributed by atoms with Gasteiger partial charge >= 0.3 is 24.4 Å². The van der Waals surface area contributed by atoms with E-state index in [4.69, 9.17) is 56.7 Å². The molecule has 4 aromatic carbocycles. The molecule has 2 aliphatic carbocycles. The van der Waals surface area contributed by atoms with Crippen LogP contribution in [-0.2, 0) is 35.1 Å². The van der Waals surface area contributed by atoms with Gasteiger partial charge in [-0.15, -0.1) is 0 Å². The number of hydrogen-bond acceptors (Lipinski definition) is 21. The number of aromatic nitrogens is 6. The van der Waals surface area contributed by atoms with Crippen LogP contribution in [0.25, 0.3) is 0 Å². The monoisotopic (exact) mass is 1450 g/mol. The van der Waals surface area contributed by atoms with Crippen molar-refractivity contribution >= 4 is 111 Å². The van der Waals surface area contributed by atoms with Crippen molar-refractivity contribution in [2.75, 3.05) is 40.9 Å². The fraction of sp³-hybridized carbons (Fsp3) is 0.409. The molecule has 0 saturated heterocycles. The van der Waals surface area contributed by atoms with Crippen LogP contribution in [0.5, 0.6) is 12.0 Å². The maximum Gasteiger partial charge on any atom is 0.422 e. The van der Waals surface area contributed by atoms with E-state index in [1.54, 1.807) is 55.5 Å². The lowest BCUT2D eigenvalue weighted by molar-refractivity contribution is -0.155. The molecule has 542 valence electrons. The summed E-state index contributed by atoms with van der Waals surface area (Å²) < 4.78 is 119. The number of hydrogen-bond donors (Lipinski definition) is 12. The smallest absolute Gasteiger partial charge is 0.422 e. The zero-order chi connectivity index (χ0) is 76.5. The molecule has 0 radical (unpaired) electrons. The molecule has 0 bridgehead atoms. The Kier molecular flexibility index (Phi) is 26.3. The topological polar surface area (TPSA) is 425 Å². The number of anilines is 6. The lowest BCUT2D eigenvalue weighted by atomic mass is 9.91. The van der Waals surface area contributed by atoms with Gasteiger partial charge < -0.3 is 74.1 Å². The molecule has 2 saturated carbocycles. The summed E-state index contributed by atoms with van der Waals surface area (Å²) in [6.45, 7) is -5.72. The number of primary amides is 2.